The molecule has 21 heavy (non-hydrogen) atoms. The van der Waals surface area contributed by atoms with Gasteiger partial charge >= 0.3 is 0 Å². The van der Waals surface area contributed by atoms with Gasteiger partial charge in [-0.25, -0.2) is 4.98 Å². The van der Waals surface area contributed by atoms with Gasteiger partial charge in [0.05, 0.1) is 5.52 Å². The van der Waals surface area contributed by atoms with Crippen LogP contribution in [0, 0.1) is 0 Å². The molecule has 3 aromatic rings. The Hall–Kier alpha value is -2.00. The summed E-state index contributed by atoms with van der Waals surface area (Å²) in [5.41, 5.74) is 10.6. The first-order chi connectivity index (χ1) is 10.3. The molecule has 0 aliphatic heterocycles. The minimum Gasteiger partial charge on any atom is -0.399 e. The van der Waals surface area contributed by atoms with E-state index < -0.39 is 0 Å². The van der Waals surface area contributed by atoms with Gasteiger partial charge in [-0.1, -0.05) is 23.9 Å². The van der Waals surface area contributed by atoms with Crippen molar-refractivity contribution in [1.29, 1.82) is 0 Å². The molecule has 0 saturated carbocycles. The third kappa shape index (κ3) is 2.49. The van der Waals surface area contributed by atoms with E-state index in [4.69, 9.17) is 10.7 Å². The number of benzene rings is 2. The van der Waals surface area contributed by atoms with Gasteiger partial charge in [-0.05, 0) is 66.8 Å². The number of hydrogen-bond acceptors (Lipinski definition) is 3. The van der Waals surface area contributed by atoms with Crippen molar-refractivity contribution in [1.82, 2.24) is 4.98 Å². The highest BCUT2D eigenvalue weighted by Gasteiger charge is 2.11. The van der Waals surface area contributed by atoms with E-state index in [1.54, 1.807) is 11.8 Å². The van der Waals surface area contributed by atoms with E-state index in [0.29, 0.717) is 0 Å². The van der Waals surface area contributed by atoms with Gasteiger partial charge in [0.25, 0.3) is 0 Å². The van der Waals surface area contributed by atoms with Crippen LogP contribution >= 0.6 is 11.8 Å². The lowest BCUT2D eigenvalue weighted by Crippen LogP contribution is -1.87. The van der Waals surface area contributed by atoms with E-state index in [-0.39, 0.29) is 0 Å². The highest BCUT2D eigenvalue weighted by molar-refractivity contribution is 7.99. The van der Waals surface area contributed by atoms with Crippen molar-refractivity contribution in [2.24, 2.45) is 0 Å². The molecule has 0 atom stereocenters. The molecule has 4 rings (SSSR count). The summed E-state index contributed by atoms with van der Waals surface area (Å²) in [5, 5.41) is 2.12. The number of aromatic nitrogens is 1. The SMILES string of the molecule is Nc1ccc2nc(Sc3ccc4c(c3)CCC4)ccc2c1. The fourth-order valence-electron chi connectivity index (χ4n) is 2.91. The second-order valence-corrected chi connectivity index (χ2v) is 6.58. The van der Waals surface area contributed by atoms with Gasteiger partial charge in [-0.15, -0.1) is 0 Å². The van der Waals surface area contributed by atoms with E-state index in [0.717, 1.165) is 21.6 Å². The summed E-state index contributed by atoms with van der Waals surface area (Å²) in [7, 11) is 0. The Morgan fingerprint density at radius 2 is 1.81 bits per heavy atom. The largest absolute Gasteiger partial charge is 0.399 e. The molecular formula is C18H16N2S. The summed E-state index contributed by atoms with van der Waals surface area (Å²) in [4.78, 5) is 5.99. The first-order valence-corrected chi connectivity index (χ1v) is 8.05. The standard InChI is InChI=1S/C18H16N2S/c19-15-6-8-17-14(10-15)5-9-18(20-17)21-16-7-4-12-2-1-3-13(12)11-16/h4-11H,1-3,19H2. The summed E-state index contributed by atoms with van der Waals surface area (Å²) in [5.74, 6) is 0. The molecule has 0 fully saturated rings. The van der Waals surface area contributed by atoms with Crippen molar-refractivity contribution >= 4 is 28.4 Å². The first-order valence-electron chi connectivity index (χ1n) is 7.24. The lowest BCUT2D eigenvalue weighted by molar-refractivity contribution is 0.911. The second-order valence-electron chi connectivity index (χ2n) is 5.49. The van der Waals surface area contributed by atoms with Crippen LogP contribution < -0.4 is 5.73 Å². The molecule has 0 spiro atoms. The molecule has 0 radical (unpaired) electrons. The molecule has 2 aromatic carbocycles. The van der Waals surface area contributed by atoms with Gasteiger partial charge in [0.15, 0.2) is 0 Å². The van der Waals surface area contributed by atoms with Crippen LogP contribution in [0.4, 0.5) is 5.69 Å². The minimum absolute atomic E-state index is 0.781. The predicted octanol–water partition coefficient (Wildman–Crippen LogP) is 4.46. The topological polar surface area (TPSA) is 38.9 Å². The number of nitrogens with zero attached hydrogens (tertiary/aromatic N) is 1. The Morgan fingerprint density at radius 1 is 0.905 bits per heavy atom. The quantitative estimate of drug-likeness (QED) is 0.709. The molecule has 0 bridgehead atoms. The number of fused-ring (bicyclic) bond motifs is 2. The zero-order valence-corrected chi connectivity index (χ0v) is 12.5. The van der Waals surface area contributed by atoms with E-state index >= 15 is 0 Å². The lowest BCUT2D eigenvalue weighted by atomic mass is 10.1. The number of nitrogens with two attached hydrogens (primary N) is 1. The smallest absolute Gasteiger partial charge is 0.101 e. The maximum absolute atomic E-state index is 5.80. The van der Waals surface area contributed by atoms with E-state index in [2.05, 4.69) is 30.3 Å². The summed E-state index contributed by atoms with van der Waals surface area (Å²) in [6.07, 6.45) is 3.74. The van der Waals surface area contributed by atoms with Crippen molar-refractivity contribution < 1.29 is 0 Å². The average Bonchev–Trinajstić information content (AvgIpc) is 2.95. The van der Waals surface area contributed by atoms with Crippen molar-refractivity contribution in [3.05, 3.63) is 59.7 Å². The van der Waals surface area contributed by atoms with Crippen LogP contribution in [-0.2, 0) is 12.8 Å². The van der Waals surface area contributed by atoms with E-state index in [9.17, 15) is 0 Å². The number of anilines is 1. The lowest BCUT2D eigenvalue weighted by Gasteiger charge is -2.06. The van der Waals surface area contributed by atoms with Crippen LogP contribution in [0.5, 0.6) is 0 Å². The molecule has 104 valence electrons. The van der Waals surface area contributed by atoms with Gasteiger partial charge in [0, 0.05) is 16.0 Å². The summed E-state index contributed by atoms with van der Waals surface area (Å²) in [6.45, 7) is 0. The van der Waals surface area contributed by atoms with Gasteiger partial charge in [0.2, 0.25) is 0 Å². The maximum atomic E-state index is 5.80. The molecule has 3 heteroatoms. The van der Waals surface area contributed by atoms with Crippen molar-refractivity contribution in [3.8, 4) is 0 Å². The molecule has 0 saturated heterocycles. The molecule has 1 aliphatic carbocycles. The fraction of sp³-hybridized carbons (Fsp3) is 0.167. The molecule has 2 nitrogen and oxygen atoms in total. The van der Waals surface area contributed by atoms with Crippen LogP contribution in [0.3, 0.4) is 0 Å². The van der Waals surface area contributed by atoms with Crippen LogP contribution in [-0.4, -0.2) is 4.98 Å². The van der Waals surface area contributed by atoms with Gasteiger partial charge in [0.1, 0.15) is 5.03 Å². The third-order valence-corrected chi connectivity index (χ3v) is 4.91. The number of nitrogen functional groups attached to an aromatic ring is 1. The maximum Gasteiger partial charge on any atom is 0.101 e. The number of pyridine rings is 1. The van der Waals surface area contributed by atoms with Crippen molar-refractivity contribution in [2.45, 2.75) is 29.2 Å². The Balaban J connectivity index is 1.66. The second kappa shape index (κ2) is 5.08. The summed E-state index contributed by atoms with van der Waals surface area (Å²) in [6, 6.07) is 16.8. The fourth-order valence-corrected chi connectivity index (χ4v) is 3.77. The Bertz CT molecular complexity index is 827. The Morgan fingerprint density at radius 3 is 2.76 bits per heavy atom. The number of hydrogen-bond donors (Lipinski definition) is 1. The minimum atomic E-state index is 0.781. The van der Waals surface area contributed by atoms with Gasteiger partial charge in [-0.3, -0.25) is 0 Å². The highest BCUT2D eigenvalue weighted by atomic mass is 32.2. The molecule has 0 amide bonds. The van der Waals surface area contributed by atoms with E-state index in [1.165, 1.54) is 35.3 Å². The first kappa shape index (κ1) is 12.7. The molecule has 1 aromatic heterocycles. The van der Waals surface area contributed by atoms with Crippen molar-refractivity contribution in [3.63, 3.8) is 0 Å². The number of aryl methyl sites for hydroxylation is 2. The number of rotatable bonds is 2. The van der Waals surface area contributed by atoms with Crippen LogP contribution in [0.15, 0.2) is 58.5 Å². The predicted molar refractivity (Wildman–Crippen MR) is 88.7 cm³/mol. The molecular weight excluding hydrogens is 276 g/mol. The molecule has 0 unspecified atom stereocenters. The summed E-state index contributed by atoms with van der Waals surface area (Å²) >= 11 is 1.73. The Labute approximate surface area is 128 Å². The van der Waals surface area contributed by atoms with Gasteiger partial charge < -0.3 is 5.73 Å². The average molecular weight is 292 g/mol. The normalized spacial score (nSPS) is 13.5. The molecule has 2 N–H and O–H groups in total. The van der Waals surface area contributed by atoms with Crippen LogP contribution in [0.25, 0.3) is 10.9 Å². The molecule has 1 heterocycles. The zero-order chi connectivity index (χ0) is 14.2. The Kier molecular flexibility index (Phi) is 3.08. The summed E-state index contributed by atoms with van der Waals surface area (Å²) < 4.78 is 0. The molecule has 1 aliphatic rings. The van der Waals surface area contributed by atoms with Crippen LogP contribution in [0.2, 0.25) is 0 Å². The van der Waals surface area contributed by atoms with Crippen molar-refractivity contribution in [2.75, 3.05) is 5.73 Å². The van der Waals surface area contributed by atoms with Crippen LogP contribution in [0.1, 0.15) is 17.5 Å². The highest BCUT2D eigenvalue weighted by Crippen LogP contribution is 2.32. The zero-order valence-electron chi connectivity index (χ0n) is 11.7. The monoisotopic (exact) mass is 292 g/mol. The third-order valence-electron chi connectivity index (χ3n) is 3.98. The van der Waals surface area contributed by atoms with E-state index in [1.807, 2.05) is 18.2 Å². The van der Waals surface area contributed by atoms with Gasteiger partial charge in [-0.2, -0.15) is 0 Å².